The van der Waals surface area contributed by atoms with Crippen molar-refractivity contribution in [2.24, 2.45) is 18.0 Å². The lowest BCUT2D eigenvalue weighted by molar-refractivity contribution is -0.139. The molecule has 5 nitrogen and oxygen atoms in total. The minimum absolute atomic E-state index is 0.301. The van der Waals surface area contributed by atoms with Crippen LogP contribution in [0.5, 0.6) is 0 Å². The van der Waals surface area contributed by atoms with Crippen molar-refractivity contribution < 1.29 is 9.90 Å². The number of carbonyl (C=O) groups is 1. The van der Waals surface area contributed by atoms with Crippen molar-refractivity contribution in [3.63, 3.8) is 0 Å². The summed E-state index contributed by atoms with van der Waals surface area (Å²) in [5, 5.41) is 16.6. The fourth-order valence-electron chi connectivity index (χ4n) is 3.98. The maximum Gasteiger partial charge on any atom is 0.313 e. The molecule has 2 unspecified atom stereocenters. The molecule has 0 radical (unpaired) electrons. The zero-order valence-electron chi connectivity index (χ0n) is 14.4. The Kier molecular flexibility index (Phi) is 3.46. The molecule has 2 aromatic carbocycles. The van der Waals surface area contributed by atoms with Gasteiger partial charge in [-0.3, -0.25) is 9.48 Å². The summed E-state index contributed by atoms with van der Waals surface area (Å²) < 4.78 is 1.74. The quantitative estimate of drug-likeness (QED) is 0.775. The Bertz CT molecular complexity index is 1030. The van der Waals surface area contributed by atoms with Crippen LogP contribution in [0.4, 0.5) is 5.82 Å². The van der Waals surface area contributed by atoms with Crippen LogP contribution in [0.2, 0.25) is 0 Å². The Balaban J connectivity index is 2.06. The van der Waals surface area contributed by atoms with Gasteiger partial charge in [0.05, 0.1) is 5.69 Å². The van der Waals surface area contributed by atoms with E-state index in [0.29, 0.717) is 5.71 Å². The molecule has 5 heteroatoms. The number of carboxylic acids is 1. The molecular formula is C20H19N3O2. The van der Waals surface area contributed by atoms with Crippen LogP contribution < -0.4 is 0 Å². The van der Waals surface area contributed by atoms with Gasteiger partial charge in [0.2, 0.25) is 0 Å². The number of fused-ring (bicyclic) bond motifs is 2. The zero-order chi connectivity index (χ0) is 17.7. The van der Waals surface area contributed by atoms with Crippen molar-refractivity contribution in [2.45, 2.75) is 19.8 Å². The first-order valence-corrected chi connectivity index (χ1v) is 8.28. The molecule has 4 rings (SSSR count). The molecule has 1 aliphatic heterocycles. The van der Waals surface area contributed by atoms with Gasteiger partial charge >= 0.3 is 5.97 Å². The Hall–Kier alpha value is -2.95. The first-order chi connectivity index (χ1) is 12.0. The Morgan fingerprint density at radius 2 is 1.84 bits per heavy atom. The number of aliphatic imine (C=N–C) groups is 1. The minimum Gasteiger partial charge on any atom is -0.481 e. The molecule has 0 fully saturated rings. The molecule has 2 atom stereocenters. The Morgan fingerprint density at radius 1 is 1.12 bits per heavy atom. The molecule has 25 heavy (non-hydrogen) atoms. The van der Waals surface area contributed by atoms with Gasteiger partial charge in [-0.05, 0) is 30.2 Å². The van der Waals surface area contributed by atoms with Crippen LogP contribution in [0.1, 0.15) is 29.7 Å². The molecular weight excluding hydrogens is 314 g/mol. The fourth-order valence-corrected chi connectivity index (χ4v) is 3.98. The van der Waals surface area contributed by atoms with E-state index in [0.717, 1.165) is 33.4 Å². The summed E-state index contributed by atoms with van der Waals surface area (Å²) in [7, 11) is 1.85. The lowest BCUT2D eigenvalue weighted by atomic mass is 9.75. The van der Waals surface area contributed by atoms with Gasteiger partial charge in [0, 0.05) is 24.2 Å². The van der Waals surface area contributed by atoms with Gasteiger partial charge in [0.15, 0.2) is 5.82 Å². The highest BCUT2D eigenvalue weighted by atomic mass is 16.4. The number of nitrogens with zero attached hydrogens (tertiary/aromatic N) is 3. The Morgan fingerprint density at radius 3 is 2.60 bits per heavy atom. The van der Waals surface area contributed by atoms with E-state index in [1.807, 2.05) is 38.2 Å². The fraction of sp³-hybridized carbons (Fsp3) is 0.250. The second kappa shape index (κ2) is 5.55. The monoisotopic (exact) mass is 333 g/mol. The summed E-state index contributed by atoms with van der Waals surface area (Å²) in [6.45, 7) is 3.72. The van der Waals surface area contributed by atoms with Crippen molar-refractivity contribution in [3.05, 3.63) is 59.3 Å². The van der Waals surface area contributed by atoms with Gasteiger partial charge in [-0.15, -0.1) is 0 Å². The molecule has 2 heterocycles. The summed E-state index contributed by atoms with van der Waals surface area (Å²) in [5.41, 5.74) is 3.37. The number of rotatable bonds is 2. The van der Waals surface area contributed by atoms with Crippen molar-refractivity contribution in [2.75, 3.05) is 0 Å². The van der Waals surface area contributed by atoms with Crippen LogP contribution in [0.3, 0.4) is 0 Å². The second-order valence-corrected chi connectivity index (χ2v) is 6.56. The third-order valence-electron chi connectivity index (χ3n) is 5.04. The molecule has 0 bridgehead atoms. The van der Waals surface area contributed by atoms with Gasteiger partial charge < -0.3 is 5.11 Å². The van der Waals surface area contributed by atoms with Crippen LogP contribution >= 0.6 is 0 Å². The van der Waals surface area contributed by atoms with Crippen LogP contribution in [-0.4, -0.2) is 26.6 Å². The van der Waals surface area contributed by atoms with Crippen molar-refractivity contribution in [3.8, 4) is 0 Å². The third-order valence-corrected chi connectivity index (χ3v) is 5.04. The van der Waals surface area contributed by atoms with Gasteiger partial charge in [-0.1, -0.05) is 42.5 Å². The molecule has 0 spiro atoms. The molecule has 0 saturated heterocycles. The first-order valence-electron chi connectivity index (χ1n) is 8.28. The van der Waals surface area contributed by atoms with Gasteiger partial charge in [-0.2, -0.15) is 5.10 Å². The summed E-state index contributed by atoms with van der Waals surface area (Å²) in [4.78, 5) is 16.7. The maximum atomic E-state index is 12.1. The number of aryl methyl sites for hydroxylation is 2. The van der Waals surface area contributed by atoms with Gasteiger partial charge in [0.25, 0.3) is 0 Å². The van der Waals surface area contributed by atoms with E-state index in [4.69, 9.17) is 0 Å². The average Bonchev–Trinajstić information content (AvgIpc) is 2.87. The summed E-state index contributed by atoms with van der Waals surface area (Å²) in [5.74, 6) is -1.09. The lowest BCUT2D eigenvalue weighted by Gasteiger charge is -2.29. The van der Waals surface area contributed by atoms with E-state index in [2.05, 4.69) is 28.3 Å². The van der Waals surface area contributed by atoms with E-state index in [1.165, 1.54) is 0 Å². The highest BCUT2D eigenvalue weighted by Crippen LogP contribution is 2.45. The van der Waals surface area contributed by atoms with E-state index >= 15 is 0 Å². The molecule has 0 amide bonds. The molecule has 1 aliphatic rings. The molecule has 1 aromatic heterocycles. The summed E-state index contributed by atoms with van der Waals surface area (Å²) >= 11 is 0. The smallest absolute Gasteiger partial charge is 0.313 e. The first kappa shape index (κ1) is 15.6. The maximum absolute atomic E-state index is 12.1. The number of hydrogen-bond donors (Lipinski definition) is 1. The Labute approximate surface area is 145 Å². The normalized spacial score (nSPS) is 19.6. The van der Waals surface area contributed by atoms with Gasteiger partial charge in [0.1, 0.15) is 5.92 Å². The summed E-state index contributed by atoms with van der Waals surface area (Å²) in [6.07, 6.45) is 0. The standard InChI is InChI=1S/C20H19N3O2/c1-11-17(20(24)25)18(16-12(2)22-23(3)19(16)21-11)15-10-6-8-13-7-4-5-9-14(13)15/h4-10,17-18H,1-3H3,(H,24,25). The predicted molar refractivity (Wildman–Crippen MR) is 97.6 cm³/mol. The number of carboxylic acid groups (broad SMARTS) is 1. The van der Waals surface area contributed by atoms with Crippen molar-refractivity contribution in [1.82, 2.24) is 9.78 Å². The zero-order valence-corrected chi connectivity index (χ0v) is 14.4. The van der Waals surface area contributed by atoms with Crippen LogP contribution in [0.15, 0.2) is 47.5 Å². The molecule has 126 valence electrons. The van der Waals surface area contributed by atoms with Crippen LogP contribution in [0.25, 0.3) is 10.8 Å². The predicted octanol–water partition coefficient (Wildman–Crippen LogP) is 3.82. The topological polar surface area (TPSA) is 67.5 Å². The largest absolute Gasteiger partial charge is 0.481 e. The SMILES string of the molecule is CC1=Nc2c(c(C)nn2C)C(c2cccc3ccccc23)C1C(=O)O. The highest BCUT2D eigenvalue weighted by molar-refractivity contribution is 6.05. The third kappa shape index (κ3) is 2.27. The van der Waals surface area contributed by atoms with Crippen LogP contribution in [-0.2, 0) is 11.8 Å². The van der Waals surface area contributed by atoms with Gasteiger partial charge in [-0.25, -0.2) is 4.99 Å². The minimum atomic E-state index is -0.854. The molecule has 3 aromatic rings. The van der Waals surface area contributed by atoms with E-state index in [-0.39, 0.29) is 5.92 Å². The lowest BCUT2D eigenvalue weighted by Crippen LogP contribution is -2.32. The number of aromatic nitrogens is 2. The number of aliphatic carboxylic acids is 1. The second-order valence-electron chi connectivity index (χ2n) is 6.56. The van der Waals surface area contributed by atoms with Crippen LogP contribution in [0, 0.1) is 12.8 Å². The van der Waals surface area contributed by atoms with E-state index in [9.17, 15) is 9.90 Å². The van der Waals surface area contributed by atoms with Crippen molar-refractivity contribution >= 4 is 28.3 Å². The summed E-state index contributed by atoms with van der Waals surface area (Å²) in [6, 6.07) is 14.2. The average molecular weight is 333 g/mol. The molecule has 0 saturated carbocycles. The number of hydrogen-bond acceptors (Lipinski definition) is 3. The number of benzene rings is 2. The van der Waals surface area contributed by atoms with Crippen molar-refractivity contribution in [1.29, 1.82) is 0 Å². The highest BCUT2D eigenvalue weighted by Gasteiger charge is 2.40. The van der Waals surface area contributed by atoms with E-state index < -0.39 is 11.9 Å². The molecule has 1 N–H and O–H groups in total. The van der Waals surface area contributed by atoms with E-state index in [1.54, 1.807) is 11.6 Å². The molecule has 0 aliphatic carbocycles.